The van der Waals surface area contributed by atoms with E-state index in [9.17, 15) is 20.0 Å². The number of nitrogens with zero attached hydrogens (tertiary/aromatic N) is 3. The van der Waals surface area contributed by atoms with Crippen LogP contribution in [-0.4, -0.2) is 26.5 Å². The second-order valence-electron chi connectivity index (χ2n) is 3.14. The summed E-state index contributed by atoms with van der Waals surface area (Å²) in [4.78, 5) is 23.5. The van der Waals surface area contributed by atoms with Crippen LogP contribution in [0.15, 0.2) is 40.4 Å². The number of nitro groups is 1. The lowest BCUT2D eigenvalue weighted by molar-refractivity contribution is -0.380. The Bertz CT molecular complexity index is 664. The average Bonchev–Trinajstić information content (AvgIpc) is 2.76. The molecule has 0 atom stereocenters. The van der Waals surface area contributed by atoms with Crippen LogP contribution in [0.3, 0.4) is 0 Å². The summed E-state index contributed by atoms with van der Waals surface area (Å²) >= 11 is 0.811. The summed E-state index contributed by atoms with van der Waals surface area (Å²) in [6.45, 7) is 0. The van der Waals surface area contributed by atoms with Gasteiger partial charge in [0.1, 0.15) is 11.5 Å². The largest absolute Gasteiger partial charge is 0.505 e. The molecule has 2 N–H and O–H groups in total. The Morgan fingerprint density at radius 2 is 2.17 bits per heavy atom. The molecule has 8 nitrogen and oxygen atoms in total. The third-order valence-corrected chi connectivity index (χ3v) is 2.76. The minimum Gasteiger partial charge on any atom is -0.505 e. The predicted octanol–water partition coefficient (Wildman–Crippen LogP) is 0.822. The Morgan fingerprint density at radius 1 is 1.39 bits per heavy atom. The number of carbonyl (C=O) groups is 1. The van der Waals surface area contributed by atoms with Crippen molar-refractivity contribution in [1.82, 2.24) is 4.98 Å². The summed E-state index contributed by atoms with van der Waals surface area (Å²) < 4.78 is 0. The topological polar surface area (TPSA) is 121 Å². The lowest BCUT2D eigenvalue weighted by Crippen LogP contribution is -2.07. The van der Waals surface area contributed by atoms with Gasteiger partial charge in [-0.1, -0.05) is 0 Å². The number of aliphatic hydroxyl groups excluding tert-OH is 1. The number of aromatic amines is 1. The van der Waals surface area contributed by atoms with Crippen molar-refractivity contribution in [3.63, 3.8) is 0 Å². The summed E-state index contributed by atoms with van der Waals surface area (Å²) in [5.41, 5.74) is 0.110. The van der Waals surface area contributed by atoms with Crippen LogP contribution in [0.25, 0.3) is 0 Å². The normalized spacial score (nSPS) is 18.2. The summed E-state index contributed by atoms with van der Waals surface area (Å²) in [6.07, 6.45) is 4.74. The first-order valence-electron chi connectivity index (χ1n) is 4.64. The molecule has 0 amide bonds. The number of thiazole rings is 1. The van der Waals surface area contributed by atoms with E-state index in [0.717, 1.165) is 17.4 Å². The highest BCUT2D eigenvalue weighted by Crippen LogP contribution is 2.11. The number of H-pyrrole nitrogens is 1. The smallest absolute Gasteiger partial charge is 0.343 e. The van der Waals surface area contributed by atoms with Crippen molar-refractivity contribution in [3.05, 3.63) is 45.1 Å². The molecule has 0 unspecified atom stereocenters. The third kappa shape index (κ3) is 2.58. The van der Waals surface area contributed by atoms with Crippen molar-refractivity contribution in [2.45, 2.75) is 0 Å². The van der Waals surface area contributed by atoms with Gasteiger partial charge < -0.3 is 10.1 Å². The van der Waals surface area contributed by atoms with Crippen LogP contribution >= 0.6 is 11.3 Å². The molecule has 2 rings (SSSR count). The van der Waals surface area contributed by atoms with Gasteiger partial charge in [0.2, 0.25) is 4.80 Å². The van der Waals surface area contributed by atoms with Gasteiger partial charge >= 0.3 is 5.00 Å². The second kappa shape index (κ2) is 4.75. The number of allylic oxidation sites excluding steroid dienone is 3. The van der Waals surface area contributed by atoms with Crippen LogP contribution in [0.4, 0.5) is 5.00 Å². The van der Waals surface area contributed by atoms with E-state index in [1.54, 1.807) is 0 Å². The molecule has 0 aromatic carbocycles. The highest BCUT2D eigenvalue weighted by atomic mass is 32.1. The predicted molar refractivity (Wildman–Crippen MR) is 63.2 cm³/mol. The molecule has 1 aromatic heterocycles. The van der Waals surface area contributed by atoms with Gasteiger partial charge in [-0.05, 0) is 23.5 Å². The quantitative estimate of drug-likeness (QED) is 0.467. The van der Waals surface area contributed by atoms with Gasteiger partial charge in [0.15, 0.2) is 5.78 Å². The zero-order chi connectivity index (χ0) is 13.1. The summed E-state index contributed by atoms with van der Waals surface area (Å²) in [7, 11) is 0. The van der Waals surface area contributed by atoms with E-state index in [-0.39, 0.29) is 27.1 Å². The lowest BCUT2D eigenvalue weighted by atomic mass is 10.1. The van der Waals surface area contributed by atoms with Gasteiger partial charge in [-0.3, -0.25) is 14.9 Å². The fourth-order valence-electron chi connectivity index (χ4n) is 1.11. The molecule has 92 valence electrons. The van der Waals surface area contributed by atoms with E-state index in [1.807, 2.05) is 0 Å². The van der Waals surface area contributed by atoms with Gasteiger partial charge in [0.25, 0.3) is 0 Å². The van der Waals surface area contributed by atoms with Gasteiger partial charge in [0.05, 0.1) is 11.1 Å². The van der Waals surface area contributed by atoms with E-state index in [4.69, 9.17) is 0 Å². The monoisotopic (exact) mass is 266 g/mol. The number of rotatable bonds is 2. The molecule has 0 radical (unpaired) electrons. The Labute approximate surface area is 103 Å². The second-order valence-corrected chi connectivity index (χ2v) is 4.15. The number of ketones is 1. The Kier molecular flexibility index (Phi) is 3.15. The van der Waals surface area contributed by atoms with Gasteiger partial charge in [-0.25, -0.2) is 0 Å². The van der Waals surface area contributed by atoms with Crippen molar-refractivity contribution in [2.24, 2.45) is 10.2 Å². The van der Waals surface area contributed by atoms with Crippen molar-refractivity contribution in [2.75, 3.05) is 0 Å². The van der Waals surface area contributed by atoms with Crippen molar-refractivity contribution >= 4 is 27.8 Å². The molecule has 0 spiro atoms. The van der Waals surface area contributed by atoms with E-state index in [2.05, 4.69) is 15.2 Å². The first-order chi connectivity index (χ1) is 8.56. The molecular formula is C9H6N4O4S. The van der Waals surface area contributed by atoms with E-state index >= 15 is 0 Å². The van der Waals surface area contributed by atoms with E-state index < -0.39 is 4.92 Å². The maximum Gasteiger partial charge on any atom is 0.343 e. The Balaban J connectivity index is 2.29. The van der Waals surface area contributed by atoms with E-state index in [0.29, 0.717) is 0 Å². The third-order valence-electron chi connectivity index (χ3n) is 1.90. The number of aromatic nitrogens is 1. The van der Waals surface area contributed by atoms with Gasteiger partial charge in [-0.2, -0.15) is 0 Å². The van der Waals surface area contributed by atoms with Crippen LogP contribution in [-0.2, 0) is 4.79 Å². The fraction of sp³-hybridized carbons (Fsp3) is 0. The maximum atomic E-state index is 10.9. The lowest BCUT2D eigenvalue weighted by Gasteiger charge is -2.00. The first-order valence-corrected chi connectivity index (χ1v) is 5.45. The molecule has 0 saturated heterocycles. The SMILES string of the molecule is O=C1C=C/C(=N\N=c2/[nH]cc([N+](=O)[O-])s2)C(O)=C1. The maximum absolute atomic E-state index is 10.9. The van der Waals surface area contributed by atoms with Gasteiger partial charge in [0, 0.05) is 6.08 Å². The first kappa shape index (κ1) is 11.9. The van der Waals surface area contributed by atoms with E-state index in [1.165, 1.54) is 18.3 Å². The molecule has 1 aromatic rings. The Hall–Kier alpha value is -2.55. The van der Waals surface area contributed by atoms with Crippen LogP contribution in [0, 0.1) is 10.1 Å². The van der Waals surface area contributed by atoms with Crippen LogP contribution in [0.5, 0.6) is 0 Å². The van der Waals surface area contributed by atoms with Crippen LogP contribution < -0.4 is 4.80 Å². The molecule has 0 aliphatic heterocycles. The van der Waals surface area contributed by atoms with Gasteiger partial charge in [-0.15, -0.1) is 10.2 Å². The molecule has 9 heteroatoms. The van der Waals surface area contributed by atoms with Crippen LogP contribution in [0.1, 0.15) is 0 Å². The summed E-state index contributed by atoms with van der Waals surface area (Å²) in [6, 6.07) is 0. The molecular weight excluding hydrogens is 260 g/mol. The molecule has 0 saturated carbocycles. The molecule has 1 heterocycles. The van der Waals surface area contributed by atoms with Crippen molar-refractivity contribution in [3.8, 4) is 0 Å². The highest BCUT2D eigenvalue weighted by molar-refractivity contribution is 7.12. The number of carbonyl (C=O) groups excluding carboxylic acids is 1. The summed E-state index contributed by atoms with van der Waals surface area (Å²) in [5.74, 6) is -0.637. The van der Waals surface area contributed by atoms with Crippen molar-refractivity contribution in [1.29, 1.82) is 0 Å². The van der Waals surface area contributed by atoms with Crippen LogP contribution in [0.2, 0.25) is 0 Å². The molecule has 18 heavy (non-hydrogen) atoms. The van der Waals surface area contributed by atoms with Crippen molar-refractivity contribution < 1.29 is 14.8 Å². The minimum atomic E-state index is -0.552. The average molecular weight is 266 g/mol. The minimum absolute atomic E-state index is 0.0944. The zero-order valence-electron chi connectivity index (χ0n) is 8.73. The zero-order valence-corrected chi connectivity index (χ0v) is 9.55. The number of hydrogen-bond donors (Lipinski definition) is 2. The standard InChI is InChI=1S/C9H6N4O4S/c14-5-1-2-6(7(15)3-5)11-12-9-10-4-8(18-9)13(16)17/h1-4,15H,(H,10,12)/b11-6+. The fourth-order valence-corrected chi connectivity index (χ4v) is 1.70. The molecule has 0 fully saturated rings. The number of nitrogens with one attached hydrogen (secondary N) is 1. The molecule has 0 bridgehead atoms. The molecule has 1 aliphatic carbocycles. The number of aliphatic hydroxyl groups is 1. The Morgan fingerprint density at radius 3 is 2.78 bits per heavy atom. The number of hydrogen-bond acceptors (Lipinski definition) is 7. The summed E-state index contributed by atoms with van der Waals surface area (Å²) in [5, 5.41) is 27.1. The molecule has 1 aliphatic rings. The highest BCUT2D eigenvalue weighted by Gasteiger charge is 2.10.